The number of aryl methyl sites for hydroxylation is 1. The highest BCUT2D eigenvalue weighted by Crippen LogP contribution is 2.31. The molecule has 0 saturated carbocycles. The Bertz CT molecular complexity index is 1690. The molecule has 0 amide bonds. The summed E-state index contributed by atoms with van der Waals surface area (Å²) < 4.78 is 20.1. The lowest BCUT2D eigenvalue weighted by molar-refractivity contribution is -0.138. The first-order valence-electron chi connectivity index (χ1n) is 14.2. The Balaban J connectivity index is 1.72. The zero-order chi connectivity index (χ0) is 30.6. The van der Waals surface area contributed by atoms with Gasteiger partial charge >= 0.3 is 5.97 Å². The van der Waals surface area contributed by atoms with Gasteiger partial charge in [-0.3, -0.25) is 0 Å². The quantitative estimate of drug-likeness (QED) is 0.212. The molecule has 0 saturated heterocycles. The summed E-state index contributed by atoms with van der Waals surface area (Å²) in [6.07, 6.45) is 18.7. The zero-order valence-electron chi connectivity index (χ0n) is 24.3. The van der Waals surface area contributed by atoms with Crippen LogP contribution in [0.3, 0.4) is 0 Å². The number of allylic oxidation sites excluding steroid dienone is 10. The predicted octanol–water partition coefficient (Wildman–Crippen LogP) is 8.07. The zero-order valence-corrected chi connectivity index (χ0v) is 24.3. The van der Waals surface area contributed by atoms with E-state index in [0.29, 0.717) is 36.0 Å². The summed E-state index contributed by atoms with van der Waals surface area (Å²) in [5, 5.41) is 23.7. The van der Waals surface area contributed by atoms with Crippen molar-refractivity contribution < 1.29 is 19.0 Å². The maximum absolute atomic E-state index is 14.4. The number of ether oxygens (including phenoxy) is 1. The fraction of sp³-hybridized carbons (Fsp3) is 0.194. The van der Waals surface area contributed by atoms with Crippen LogP contribution < -0.4 is 5.32 Å². The summed E-state index contributed by atoms with van der Waals surface area (Å²) in [6.45, 7) is 4.47. The second kappa shape index (κ2) is 15.1. The molecule has 1 unspecified atom stereocenters. The second-order valence-electron chi connectivity index (χ2n) is 9.88. The molecule has 0 aliphatic heterocycles. The molecule has 0 fully saturated rings. The van der Waals surface area contributed by atoms with Gasteiger partial charge in [0.25, 0.3) is 0 Å². The molecule has 4 rings (SSSR count). The largest absolute Gasteiger partial charge is 0.498 e. The van der Waals surface area contributed by atoms with Gasteiger partial charge in [-0.2, -0.15) is 5.26 Å². The molecular weight excluding hydrogens is 541 g/mol. The third-order valence-corrected chi connectivity index (χ3v) is 6.90. The van der Waals surface area contributed by atoms with Gasteiger partial charge in [0, 0.05) is 11.8 Å². The van der Waals surface area contributed by atoms with Gasteiger partial charge in [-0.25, -0.2) is 14.2 Å². The highest BCUT2D eigenvalue weighted by molar-refractivity contribution is 5.97. The predicted molar refractivity (Wildman–Crippen MR) is 170 cm³/mol. The number of carbonyl (C=O) groups is 1. The van der Waals surface area contributed by atoms with E-state index in [1.165, 1.54) is 18.2 Å². The minimum Gasteiger partial charge on any atom is -0.498 e. The van der Waals surface area contributed by atoms with E-state index in [1.807, 2.05) is 86.7 Å². The number of hydrogen-bond donors (Lipinski definition) is 2. The Morgan fingerprint density at radius 3 is 2.72 bits per heavy atom. The van der Waals surface area contributed by atoms with Crippen LogP contribution >= 0.6 is 0 Å². The molecule has 0 radical (unpaired) electrons. The highest BCUT2D eigenvalue weighted by Gasteiger charge is 2.22. The Morgan fingerprint density at radius 1 is 1.21 bits per heavy atom. The number of rotatable bonds is 12. The van der Waals surface area contributed by atoms with Crippen LogP contribution in [-0.2, 0) is 16.0 Å². The minimum atomic E-state index is -1.07. The van der Waals surface area contributed by atoms with Crippen LogP contribution in [0.25, 0.3) is 17.0 Å². The molecule has 1 aliphatic carbocycles. The summed E-state index contributed by atoms with van der Waals surface area (Å²) in [6, 6.07) is 14.8. The Morgan fingerprint density at radius 2 is 2.00 bits per heavy atom. The Hall–Kier alpha value is -5.22. The van der Waals surface area contributed by atoms with Crippen LogP contribution in [0.15, 0.2) is 114 Å². The third kappa shape index (κ3) is 8.17. The standard InChI is InChI=1S/C36H34FN3O3/c1-3-11-26(27-14-8-9-16-29(22-27)43-4-2)15-10-17-32-31(24-38)35(30-23-28(37)19-21-33(30)39-32)40-34(36(41)42)20-18-25-12-6-5-7-13-25/h3,5-17,19,21,23,34H,4,18,20,22H2,1-2H3,(H,39,40)(H,41,42)/b11-3-,17-10+,26-15+. The van der Waals surface area contributed by atoms with E-state index in [1.54, 1.807) is 12.2 Å². The third-order valence-electron chi connectivity index (χ3n) is 6.90. The highest BCUT2D eigenvalue weighted by atomic mass is 19.1. The number of carboxylic acid groups (broad SMARTS) is 1. The number of carboxylic acids is 1. The molecule has 2 aromatic carbocycles. The van der Waals surface area contributed by atoms with Gasteiger partial charge in [0.1, 0.15) is 29.3 Å². The van der Waals surface area contributed by atoms with Crippen LogP contribution in [0.2, 0.25) is 0 Å². The summed E-state index contributed by atoms with van der Waals surface area (Å²) >= 11 is 0. The summed E-state index contributed by atoms with van der Waals surface area (Å²) in [4.78, 5) is 16.9. The van der Waals surface area contributed by atoms with Gasteiger partial charge in [0.15, 0.2) is 0 Å². The van der Waals surface area contributed by atoms with Crippen molar-refractivity contribution in [1.82, 2.24) is 4.98 Å². The van der Waals surface area contributed by atoms with E-state index in [2.05, 4.69) is 16.4 Å². The molecule has 0 bridgehead atoms. The number of benzene rings is 2. The maximum Gasteiger partial charge on any atom is 0.326 e. The average Bonchev–Trinajstić information content (AvgIpc) is 3.25. The fourth-order valence-corrected chi connectivity index (χ4v) is 4.84. The van der Waals surface area contributed by atoms with E-state index in [-0.39, 0.29) is 17.7 Å². The normalized spacial score (nSPS) is 14.3. The number of nitriles is 1. The molecule has 43 heavy (non-hydrogen) atoms. The summed E-state index contributed by atoms with van der Waals surface area (Å²) in [5.41, 5.74) is 4.18. The molecule has 0 spiro atoms. The molecule has 1 aromatic heterocycles. The van der Waals surface area contributed by atoms with E-state index < -0.39 is 17.8 Å². The van der Waals surface area contributed by atoms with E-state index >= 15 is 0 Å². The van der Waals surface area contributed by atoms with Gasteiger partial charge in [-0.05, 0) is 73.7 Å². The van der Waals surface area contributed by atoms with E-state index in [4.69, 9.17) is 4.74 Å². The molecule has 3 aromatic rings. The summed E-state index contributed by atoms with van der Waals surface area (Å²) in [7, 11) is 0. The van der Waals surface area contributed by atoms with Crippen molar-refractivity contribution in [2.75, 3.05) is 11.9 Å². The number of fused-ring (bicyclic) bond motifs is 1. The molecule has 2 N–H and O–H groups in total. The van der Waals surface area contributed by atoms with Crippen LogP contribution in [-0.4, -0.2) is 28.7 Å². The lowest BCUT2D eigenvalue weighted by Crippen LogP contribution is -2.30. The van der Waals surface area contributed by atoms with Gasteiger partial charge in [0.05, 0.1) is 23.5 Å². The van der Waals surface area contributed by atoms with Crippen molar-refractivity contribution in [3.05, 3.63) is 137 Å². The first-order chi connectivity index (χ1) is 20.9. The molecule has 1 atom stereocenters. The lowest BCUT2D eigenvalue weighted by Gasteiger charge is -2.19. The number of aromatic nitrogens is 1. The molecule has 7 heteroatoms. The summed E-state index contributed by atoms with van der Waals surface area (Å²) in [5.74, 6) is -0.706. The number of pyridine rings is 1. The van der Waals surface area contributed by atoms with Gasteiger partial charge in [-0.15, -0.1) is 0 Å². The molecule has 1 aliphatic rings. The van der Waals surface area contributed by atoms with Crippen LogP contribution in [0.5, 0.6) is 0 Å². The lowest BCUT2D eigenvalue weighted by atomic mass is 10.00. The number of nitrogens with one attached hydrogen (secondary N) is 1. The number of aliphatic carboxylic acids is 1. The number of nitrogens with zero attached hydrogens (tertiary/aromatic N) is 2. The first kappa shape index (κ1) is 30.7. The van der Waals surface area contributed by atoms with Gasteiger partial charge in [-0.1, -0.05) is 72.9 Å². The van der Waals surface area contributed by atoms with Gasteiger partial charge in [0.2, 0.25) is 0 Å². The van der Waals surface area contributed by atoms with Crippen molar-refractivity contribution in [3.63, 3.8) is 0 Å². The fourth-order valence-electron chi connectivity index (χ4n) is 4.84. The Labute approximate surface area is 251 Å². The number of halogens is 1. The monoisotopic (exact) mass is 575 g/mol. The molecule has 6 nitrogen and oxygen atoms in total. The minimum absolute atomic E-state index is 0.138. The Kier molecular flexibility index (Phi) is 10.8. The maximum atomic E-state index is 14.4. The van der Waals surface area contributed by atoms with Crippen molar-refractivity contribution in [2.24, 2.45) is 0 Å². The smallest absolute Gasteiger partial charge is 0.326 e. The van der Waals surface area contributed by atoms with Crippen LogP contribution in [0.1, 0.15) is 43.5 Å². The molecule has 1 heterocycles. The van der Waals surface area contributed by atoms with Crippen LogP contribution in [0.4, 0.5) is 10.1 Å². The average molecular weight is 576 g/mol. The number of hydrogen-bond acceptors (Lipinski definition) is 5. The SMILES string of the molecule is C\C=C/C(=C\C=C\c1nc2ccc(F)cc2c(NC(CCc2ccccc2)C(=O)O)c1C#N)C1=CC=CC=C(OCC)C1. The first-order valence-corrected chi connectivity index (χ1v) is 14.2. The van der Waals surface area contributed by atoms with Crippen LogP contribution in [0, 0.1) is 17.1 Å². The van der Waals surface area contributed by atoms with Crippen molar-refractivity contribution in [1.29, 1.82) is 5.26 Å². The van der Waals surface area contributed by atoms with E-state index in [9.17, 15) is 19.6 Å². The van der Waals surface area contributed by atoms with Crippen molar-refractivity contribution >= 4 is 28.6 Å². The topological polar surface area (TPSA) is 95.2 Å². The van der Waals surface area contributed by atoms with Gasteiger partial charge < -0.3 is 15.2 Å². The molecule has 218 valence electrons. The van der Waals surface area contributed by atoms with E-state index in [0.717, 1.165) is 22.5 Å². The van der Waals surface area contributed by atoms with Crippen molar-refractivity contribution in [2.45, 2.75) is 39.2 Å². The molecular formula is C36H34FN3O3. The number of anilines is 1. The second-order valence-corrected chi connectivity index (χ2v) is 9.88. The van der Waals surface area contributed by atoms with Crippen molar-refractivity contribution in [3.8, 4) is 6.07 Å².